The number of carbonyl (C=O) groups excluding carboxylic acids is 2. The van der Waals surface area contributed by atoms with E-state index in [9.17, 15) is 9.59 Å². The molecule has 0 radical (unpaired) electrons. The maximum Gasteiger partial charge on any atom is 0.310 e. The monoisotopic (exact) mass is 283 g/mol. The second-order valence-corrected chi connectivity index (χ2v) is 4.68. The Morgan fingerprint density at radius 3 is 2.38 bits per heavy atom. The van der Waals surface area contributed by atoms with Gasteiger partial charge in [0.2, 0.25) is 0 Å². The van der Waals surface area contributed by atoms with Gasteiger partial charge < -0.3 is 10.1 Å². The Labute approximate surface area is 123 Å². The molecule has 0 spiro atoms. The smallest absolute Gasteiger partial charge is 0.310 e. The summed E-state index contributed by atoms with van der Waals surface area (Å²) in [6.45, 7) is 1.66. The van der Waals surface area contributed by atoms with Crippen LogP contribution < -0.4 is 5.32 Å². The zero-order chi connectivity index (χ0) is 15.1. The lowest BCUT2D eigenvalue weighted by Gasteiger charge is -2.07. The average Bonchev–Trinajstić information content (AvgIpc) is 2.49. The Kier molecular flexibility index (Phi) is 5.10. The predicted molar refractivity (Wildman–Crippen MR) is 80.9 cm³/mol. The van der Waals surface area contributed by atoms with Gasteiger partial charge in [0.25, 0.3) is 5.91 Å². The minimum atomic E-state index is -0.410. The fourth-order valence-electron chi connectivity index (χ4n) is 1.88. The molecule has 1 N–H and O–H groups in total. The summed E-state index contributed by atoms with van der Waals surface area (Å²) in [5, 5.41) is 2.66. The molecule has 2 rings (SSSR count). The molecule has 0 aromatic heterocycles. The van der Waals surface area contributed by atoms with E-state index in [-0.39, 0.29) is 18.9 Å². The number of aryl methyl sites for hydroxylation is 1. The third-order valence-corrected chi connectivity index (χ3v) is 3.02. The highest BCUT2D eigenvalue weighted by Gasteiger charge is 2.09. The predicted octanol–water partition coefficient (Wildman–Crippen LogP) is 2.72. The van der Waals surface area contributed by atoms with Gasteiger partial charge in [-0.25, -0.2) is 0 Å². The summed E-state index contributed by atoms with van der Waals surface area (Å²) in [5.41, 5.74) is 2.62. The van der Waals surface area contributed by atoms with Crippen molar-refractivity contribution in [1.82, 2.24) is 0 Å². The van der Waals surface area contributed by atoms with Crippen molar-refractivity contribution in [1.29, 1.82) is 0 Å². The van der Waals surface area contributed by atoms with Crippen LogP contribution in [0.3, 0.4) is 0 Å². The SMILES string of the molecule is Cc1ccccc1CC(=O)OCC(=O)Nc1ccccc1. The highest BCUT2D eigenvalue weighted by Crippen LogP contribution is 2.08. The van der Waals surface area contributed by atoms with E-state index in [0.29, 0.717) is 5.69 Å². The standard InChI is InChI=1S/C17H17NO3/c1-13-7-5-6-8-14(13)11-17(20)21-12-16(19)18-15-9-3-2-4-10-15/h2-10H,11-12H2,1H3,(H,18,19). The van der Waals surface area contributed by atoms with Crippen LogP contribution in [0.1, 0.15) is 11.1 Å². The number of benzene rings is 2. The van der Waals surface area contributed by atoms with Gasteiger partial charge in [-0.1, -0.05) is 42.5 Å². The summed E-state index contributed by atoms with van der Waals surface area (Å²) in [6.07, 6.45) is 0.172. The largest absolute Gasteiger partial charge is 0.455 e. The van der Waals surface area contributed by atoms with Crippen molar-refractivity contribution in [3.8, 4) is 0 Å². The van der Waals surface area contributed by atoms with Crippen molar-refractivity contribution in [2.24, 2.45) is 0 Å². The number of esters is 1. The number of anilines is 1. The van der Waals surface area contributed by atoms with E-state index in [1.54, 1.807) is 12.1 Å². The molecule has 108 valence electrons. The van der Waals surface area contributed by atoms with Crippen molar-refractivity contribution in [2.45, 2.75) is 13.3 Å². The molecule has 4 heteroatoms. The number of ether oxygens (including phenoxy) is 1. The molecule has 0 aliphatic heterocycles. The van der Waals surface area contributed by atoms with Crippen LogP contribution in [-0.4, -0.2) is 18.5 Å². The van der Waals surface area contributed by atoms with Gasteiger partial charge in [-0.05, 0) is 30.2 Å². The average molecular weight is 283 g/mol. The molecular formula is C17H17NO3. The maximum absolute atomic E-state index is 11.7. The molecule has 0 heterocycles. The van der Waals surface area contributed by atoms with Crippen LogP contribution in [0.15, 0.2) is 54.6 Å². The summed E-state index contributed by atoms with van der Waals surface area (Å²) in [6, 6.07) is 16.6. The van der Waals surface area contributed by atoms with Gasteiger partial charge in [-0.15, -0.1) is 0 Å². The van der Waals surface area contributed by atoms with Crippen LogP contribution in [-0.2, 0) is 20.7 Å². The zero-order valence-electron chi connectivity index (χ0n) is 11.8. The Morgan fingerprint density at radius 1 is 1.00 bits per heavy atom. The molecule has 2 aromatic rings. The molecule has 0 fully saturated rings. The summed E-state index contributed by atoms with van der Waals surface area (Å²) in [7, 11) is 0. The van der Waals surface area contributed by atoms with E-state index < -0.39 is 5.97 Å². The molecule has 2 aromatic carbocycles. The molecule has 0 aliphatic rings. The second kappa shape index (κ2) is 7.24. The molecule has 1 amide bonds. The van der Waals surface area contributed by atoms with E-state index in [4.69, 9.17) is 4.74 Å². The Morgan fingerprint density at radius 2 is 1.67 bits per heavy atom. The van der Waals surface area contributed by atoms with Gasteiger partial charge in [0.1, 0.15) is 0 Å². The number of hydrogen-bond acceptors (Lipinski definition) is 3. The molecule has 0 aliphatic carbocycles. The molecule has 0 unspecified atom stereocenters. The van der Waals surface area contributed by atoms with Gasteiger partial charge >= 0.3 is 5.97 Å². The molecule has 0 saturated heterocycles. The number of para-hydroxylation sites is 1. The summed E-state index contributed by atoms with van der Waals surface area (Å²) in [5.74, 6) is -0.758. The van der Waals surface area contributed by atoms with Crippen LogP contribution in [0, 0.1) is 6.92 Å². The van der Waals surface area contributed by atoms with E-state index in [1.165, 1.54) is 0 Å². The van der Waals surface area contributed by atoms with E-state index in [2.05, 4.69) is 5.32 Å². The number of nitrogens with one attached hydrogen (secondary N) is 1. The Balaban J connectivity index is 1.79. The van der Waals surface area contributed by atoms with Crippen LogP contribution in [0.4, 0.5) is 5.69 Å². The van der Waals surface area contributed by atoms with Crippen molar-refractivity contribution in [3.63, 3.8) is 0 Å². The van der Waals surface area contributed by atoms with Gasteiger partial charge in [0.15, 0.2) is 6.61 Å². The summed E-state index contributed by atoms with van der Waals surface area (Å²) >= 11 is 0. The van der Waals surface area contributed by atoms with Crippen LogP contribution in [0.5, 0.6) is 0 Å². The molecule has 0 bridgehead atoms. The van der Waals surface area contributed by atoms with Crippen molar-refractivity contribution in [2.75, 3.05) is 11.9 Å². The fraction of sp³-hybridized carbons (Fsp3) is 0.176. The summed E-state index contributed by atoms with van der Waals surface area (Å²) < 4.78 is 4.98. The minimum absolute atomic E-state index is 0.172. The topological polar surface area (TPSA) is 55.4 Å². The normalized spacial score (nSPS) is 9.95. The first-order valence-corrected chi connectivity index (χ1v) is 6.70. The summed E-state index contributed by atoms with van der Waals surface area (Å²) in [4.78, 5) is 23.4. The number of hydrogen-bond donors (Lipinski definition) is 1. The zero-order valence-corrected chi connectivity index (χ0v) is 11.8. The molecule has 0 atom stereocenters. The number of rotatable bonds is 5. The van der Waals surface area contributed by atoms with Crippen LogP contribution >= 0.6 is 0 Å². The highest BCUT2D eigenvalue weighted by molar-refractivity contribution is 5.92. The third kappa shape index (κ3) is 4.76. The van der Waals surface area contributed by atoms with E-state index in [0.717, 1.165) is 11.1 Å². The second-order valence-electron chi connectivity index (χ2n) is 4.68. The van der Waals surface area contributed by atoms with Crippen molar-refractivity contribution in [3.05, 3.63) is 65.7 Å². The lowest BCUT2D eigenvalue weighted by atomic mass is 10.1. The first kappa shape index (κ1) is 14.8. The molecular weight excluding hydrogens is 266 g/mol. The molecule has 4 nitrogen and oxygen atoms in total. The van der Waals surface area contributed by atoms with Crippen molar-refractivity contribution >= 4 is 17.6 Å². The number of amides is 1. The van der Waals surface area contributed by atoms with E-state index in [1.807, 2.05) is 49.4 Å². The molecule has 0 saturated carbocycles. The maximum atomic E-state index is 11.7. The van der Waals surface area contributed by atoms with Gasteiger partial charge in [0.05, 0.1) is 6.42 Å². The van der Waals surface area contributed by atoms with Crippen LogP contribution in [0.2, 0.25) is 0 Å². The van der Waals surface area contributed by atoms with Crippen LogP contribution in [0.25, 0.3) is 0 Å². The highest BCUT2D eigenvalue weighted by atomic mass is 16.5. The van der Waals surface area contributed by atoms with Gasteiger partial charge in [-0.3, -0.25) is 9.59 Å². The van der Waals surface area contributed by atoms with Crippen molar-refractivity contribution < 1.29 is 14.3 Å². The lowest BCUT2D eigenvalue weighted by Crippen LogP contribution is -2.21. The first-order valence-electron chi connectivity index (χ1n) is 6.70. The minimum Gasteiger partial charge on any atom is -0.455 e. The quantitative estimate of drug-likeness (QED) is 0.858. The Hall–Kier alpha value is -2.62. The van der Waals surface area contributed by atoms with E-state index >= 15 is 0 Å². The van der Waals surface area contributed by atoms with Gasteiger partial charge in [-0.2, -0.15) is 0 Å². The first-order chi connectivity index (χ1) is 10.1. The fourth-order valence-corrected chi connectivity index (χ4v) is 1.88. The number of carbonyl (C=O) groups is 2. The molecule has 21 heavy (non-hydrogen) atoms. The Bertz CT molecular complexity index is 623. The van der Waals surface area contributed by atoms with Gasteiger partial charge in [0, 0.05) is 5.69 Å². The lowest BCUT2D eigenvalue weighted by molar-refractivity contribution is -0.146. The third-order valence-electron chi connectivity index (χ3n) is 3.02.